The summed E-state index contributed by atoms with van der Waals surface area (Å²) in [4.78, 5) is 49.8. The van der Waals surface area contributed by atoms with Crippen LogP contribution in [0.2, 0.25) is 0 Å². The van der Waals surface area contributed by atoms with Gasteiger partial charge in [0.25, 0.3) is 0 Å². The quantitative estimate of drug-likeness (QED) is 0.389. The zero-order chi connectivity index (χ0) is 26.0. The highest BCUT2D eigenvalue weighted by molar-refractivity contribution is 5.94. The van der Waals surface area contributed by atoms with Crippen LogP contribution in [0.3, 0.4) is 0 Å². The van der Waals surface area contributed by atoms with Crippen molar-refractivity contribution in [1.82, 2.24) is 16.0 Å². The van der Waals surface area contributed by atoms with Crippen molar-refractivity contribution in [1.29, 1.82) is 0 Å². The maximum Gasteiger partial charge on any atom is 0.326 e. The van der Waals surface area contributed by atoms with Crippen LogP contribution in [0.25, 0.3) is 0 Å². The molecule has 35 heavy (non-hydrogen) atoms. The number of carboxylic acids is 1. The number of hydrogen-bond acceptors (Lipinski definition) is 4. The van der Waals surface area contributed by atoms with E-state index in [1.165, 1.54) is 24.3 Å². The maximum absolute atomic E-state index is 13.2. The van der Waals surface area contributed by atoms with Gasteiger partial charge in [-0.25, -0.2) is 9.18 Å². The van der Waals surface area contributed by atoms with Crippen LogP contribution in [-0.4, -0.2) is 46.4 Å². The highest BCUT2D eigenvalue weighted by Crippen LogP contribution is 2.08. The maximum atomic E-state index is 13.2. The Morgan fingerprint density at radius 2 is 1.49 bits per heavy atom. The van der Waals surface area contributed by atoms with E-state index in [4.69, 9.17) is 0 Å². The van der Waals surface area contributed by atoms with E-state index in [0.717, 1.165) is 5.56 Å². The van der Waals surface area contributed by atoms with E-state index in [2.05, 4.69) is 16.0 Å². The number of aryl methyl sites for hydroxylation is 1. The van der Waals surface area contributed by atoms with Crippen molar-refractivity contribution >= 4 is 23.7 Å². The Bertz CT molecular complexity index is 1020. The molecule has 0 aromatic heterocycles. The molecular weight excluding hydrogens is 453 g/mol. The zero-order valence-electron chi connectivity index (χ0n) is 20.1. The molecule has 8 nitrogen and oxygen atoms in total. The third-order valence-corrected chi connectivity index (χ3v) is 5.01. The van der Waals surface area contributed by atoms with Gasteiger partial charge in [0.2, 0.25) is 17.7 Å². The lowest BCUT2D eigenvalue weighted by Gasteiger charge is -2.24. The third kappa shape index (κ3) is 10.4. The van der Waals surface area contributed by atoms with Gasteiger partial charge in [-0.3, -0.25) is 14.4 Å². The first-order valence-corrected chi connectivity index (χ1v) is 11.3. The zero-order valence-corrected chi connectivity index (χ0v) is 20.1. The smallest absolute Gasteiger partial charge is 0.326 e. The molecule has 0 aliphatic heterocycles. The van der Waals surface area contributed by atoms with E-state index in [1.807, 2.05) is 30.3 Å². The van der Waals surface area contributed by atoms with E-state index >= 15 is 0 Å². The number of carbonyl (C=O) groups excluding carboxylic acids is 3. The van der Waals surface area contributed by atoms with Gasteiger partial charge in [0.15, 0.2) is 0 Å². The fourth-order valence-corrected chi connectivity index (χ4v) is 3.36. The van der Waals surface area contributed by atoms with Gasteiger partial charge in [0.1, 0.15) is 17.9 Å². The summed E-state index contributed by atoms with van der Waals surface area (Å²) in [5.41, 5.74) is 0.897. The van der Waals surface area contributed by atoms with Crippen LogP contribution in [0.1, 0.15) is 44.7 Å². The van der Waals surface area contributed by atoms with Crippen LogP contribution >= 0.6 is 0 Å². The van der Waals surface area contributed by atoms with E-state index in [-0.39, 0.29) is 19.3 Å². The predicted molar refractivity (Wildman–Crippen MR) is 129 cm³/mol. The summed E-state index contributed by atoms with van der Waals surface area (Å²) in [6.07, 6.45) is 0.0808. The van der Waals surface area contributed by atoms with Crippen molar-refractivity contribution in [2.75, 3.05) is 0 Å². The van der Waals surface area contributed by atoms with Gasteiger partial charge < -0.3 is 21.1 Å². The molecule has 4 N–H and O–H groups in total. The Morgan fingerprint density at radius 1 is 0.857 bits per heavy atom. The Hall–Kier alpha value is -3.75. The van der Waals surface area contributed by atoms with Crippen molar-refractivity contribution in [3.8, 4) is 0 Å². The fourth-order valence-electron chi connectivity index (χ4n) is 3.36. The standard InChI is InChI=1S/C26H32FN3O5/c1-26(2,3)30-23(32)16-20(28-22(31)14-11-17-7-5-4-6-8-17)24(33)29-21(25(34)35)15-18-9-12-19(27)13-10-18/h4-10,12-13,20-21H,11,14-16H2,1-3H3,(H,28,31)(H,29,33)(H,30,32)(H,34,35). The number of halogens is 1. The van der Waals surface area contributed by atoms with Gasteiger partial charge in [0, 0.05) is 18.4 Å². The molecule has 2 rings (SSSR count). The monoisotopic (exact) mass is 485 g/mol. The Balaban J connectivity index is 2.10. The molecule has 0 fully saturated rings. The number of carboxylic acid groups (broad SMARTS) is 1. The average molecular weight is 486 g/mol. The molecule has 0 saturated carbocycles. The number of amides is 3. The van der Waals surface area contributed by atoms with E-state index < -0.39 is 47.1 Å². The number of rotatable bonds is 11. The van der Waals surface area contributed by atoms with Crippen LogP contribution in [0.4, 0.5) is 4.39 Å². The second kappa shape index (κ2) is 12.6. The Labute approximate surface area is 204 Å². The molecule has 2 aromatic rings. The minimum atomic E-state index is -1.33. The van der Waals surface area contributed by atoms with Crippen molar-refractivity contribution in [3.05, 3.63) is 71.5 Å². The van der Waals surface area contributed by atoms with Gasteiger partial charge >= 0.3 is 5.97 Å². The normalized spacial score (nSPS) is 12.8. The third-order valence-electron chi connectivity index (χ3n) is 5.01. The van der Waals surface area contributed by atoms with Crippen LogP contribution in [0, 0.1) is 5.82 Å². The molecule has 0 radical (unpaired) electrons. The van der Waals surface area contributed by atoms with Crippen molar-refractivity contribution < 1.29 is 28.7 Å². The summed E-state index contributed by atoms with van der Waals surface area (Å²) in [5.74, 6) is -3.46. The number of hydrogen-bond donors (Lipinski definition) is 4. The van der Waals surface area contributed by atoms with Gasteiger partial charge in [-0.05, 0) is 50.5 Å². The number of benzene rings is 2. The van der Waals surface area contributed by atoms with Gasteiger partial charge in [-0.2, -0.15) is 0 Å². The lowest BCUT2D eigenvalue weighted by atomic mass is 10.0. The molecule has 188 valence electrons. The Morgan fingerprint density at radius 3 is 2.06 bits per heavy atom. The molecule has 2 unspecified atom stereocenters. The molecule has 3 amide bonds. The number of nitrogens with one attached hydrogen (secondary N) is 3. The van der Waals surface area contributed by atoms with E-state index in [1.54, 1.807) is 20.8 Å². The molecule has 2 atom stereocenters. The molecule has 9 heteroatoms. The summed E-state index contributed by atoms with van der Waals surface area (Å²) in [5, 5.41) is 17.3. The average Bonchev–Trinajstić information content (AvgIpc) is 2.77. The molecule has 0 saturated heterocycles. The second-order valence-electron chi connectivity index (χ2n) is 9.34. The summed E-state index contributed by atoms with van der Waals surface area (Å²) in [6, 6.07) is 12.0. The van der Waals surface area contributed by atoms with Crippen molar-refractivity contribution in [2.24, 2.45) is 0 Å². The number of aliphatic carboxylic acids is 1. The van der Waals surface area contributed by atoms with E-state index in [9.17, 15) is 28.7 Å². The Kier molecular flexibility index (Phi) is 9.93. The molecule has 0 bridgehead atoms. The molecule has 0 aliphatic rings. The molecule has 0 heterocycles. The highest BCUT2D eigenvalue weighted by atomic mass is 19.1. The SMILES string of the molecule is CC(C)(C)NC(=O)CC(NC(=O)CCc1ccccc1)C(=O)NC(Cc1ccc(F)cc1)C(=O)O. The summed E-state index contributed by atoms with van der Waals surface area (Å²) in [6.45, 7) is 5.34. The summed E-state index contributed by atoms with van der Waals surface area (Å²) >= 11 is 0. The lowest BCUT2D eigenvalue weighted by molar-refractivity contribution is -0.142. The molecule has 0 spiro atoms. The van der Waals surface area contributed by atoms with Crippen LogP contribution in [0.15, 0.2) is 54.6 Å². The first-order chi connectivity index (χ1) is 16.4. The highest BCUT2D eigenvalue weighted by Gasteiger charge is 2.29. The van der Waals surface area contributed by atoms with Crippen LogP contribution < -0.4 is 16.0 Å². The minimum absolute atomic E-state index is 0.0899. The van der Waals surface area contributed by atoms with Crippen LogP contribution in [0.5, 0.6) is 0 Å². The van der Waals surface area contributed by atoms with Crippen LogP contribution in [-0.2, 0) is 32.0 Å². The molecule has 0 aliphatic carbocycles. The first kappa shape index (κ1) is 27.5. The first-order valence-electron chi connectivity index (χ1n) is 11.3. The lowest BCUT2D eigenvalue weighted by Crippen LogP contribution is -2.54. The number of carbonyl (C=O) groups is 4. The second-order valence-corrected chi connectivity index (χ2v) is 9.34. The van der Waals surface area contributed by atoms with Crippen molar-refractivity contribution in [2.45, 2.75) is 64.1 Å². The van der Waals surface area contributed by atoms with Crippen molar-refractivity contribution in [3.63, 3.8) is 0 Å². The van der Waals surface area contributed by atoms with Gasteiger partial charge in [-0.15, -0.1) is 0 Å². The summed E-state index contributed by atoms with van der Waals surface area (Å²) < 4.78 is 13.2. The topological polar surface area (TPSA) is 125 Å². The molecule has 2 aromatic carbocycles. The minimum Gasteiger partial charge on any atom is -0.480 e. The van der Waals surface area contributed by atoms with E-state index in [0.29, 0.717) is 12.0 Å². The van der Waals surface area contributed by atoms with Gasteiger partial charge in [0.05, 0.1) is 6.42 Å². The largest absolute Gasteiger partial charge is 0.480 e. The fraction of sp³-hybridized carbons (Fsp3) is 0.385. The van der Waals surface area contributed by atoms with Gasteiger partial charge in [-0.1, -0.05) is 42.5 Å². The summed E-state index contributed by atoms with van der Waals surface area (Å²) in [7, 11) is 0. The predicted octanol–water partition coefficient (Wildman–Crippen LogP) is 2.36. The molecular formula is C26H32FN3O5.